The summed E-state index contributed by atoms with van der Waals surface area (Å²) >= 11 is 3.47. The maximum Gasteiger partial charge on any atom is 0.435 e. The zero-order valence-corrected chi connectivity index (χ0v) is 23.0. The van der Waals surface area contributed by atoms with E-state index in [1.54, 1.807) is 17.4 Å². The Morgan fingerprint density at radius 3 is 2.15 bits per heavy atom. The fraction of sp³-hybridized carbons (Fsp3) is 0.308. The first-order valence-electron chi connectivity index (χ1n) is 11.5. The Balaban J connectivity index is 1.58. The topological polar surface area (TPSA) is 58.2 Å². The van der Waals surface area contributed by atoms with Crippen LogP contribution in [0.15, 0.2) is 53.9 Å². The number of carbonyl (C=O) groups is 2. The number of anilines is 1. The summed E-state index contributed by atoms with van der Waals surface area (Å²) in [7, 11) is 0. The quantitative estimate of drug-likeness (QED) is 0.198. The van der Waals surface area contributed by atoms with Gasteiger partial charge in [-0.15, -0.1) is 11.3 Å². The van der Waals surface area contributed by atoms with E-state index in [1.165, 1.54) is 12.1 Å². The predicted octanol–water partition coefficient (Wildman–Crippen LogP) is 7.71. The number of nitrogens with one attached hydrogen (secondary N) is 2. The summed E-state index contributed by atoms with van der Waals surface area (Å²) in [4.78, 5) is 27.5. The maximum atomic E-state index is 14.4. The number of thiophene rings is 1. The van der Waals surface area contributed by atoms with Crippen LogP contribution in [0.2, 0.25) is 0 Å². The van der Waals surface area contributed by atoms with Crippen LogP contribution >= 0.6 is 33.9 Å². The zero-order valence-electron chi connectivity index (χ0n) is 20.1. The summed E-state index contributed by atoms with van der Waals surface area (Å²) in [6.45, 7) is 1.13. The Morgan fingerprint density at radius 2 is 1.62 bits per heavy atom. The first-order chi connectivity index (χ1) is 18.1. The molecule has 2 aromatic carbocycles. The molecule has 13 heteroatoms. The van der Waals surface area contributed by atoms with Crippen LogP contribution < -0.4 is 10.6 Å². The molecule has 4 rings (SSSR count). The van der Waals surface area contributed by atoms with Gasteiger partial charge in [-0.2, -0.15) is 26.3 Å². The number of amides is 2. The molecular formula is C26H20F7IN2O2S. The lowest BCUT2D eigenvalue weighted by Gasteiger charge is -2.30. The van der Waals surface area contributed by atoms with Crippen LogP contribution in [0.3, 0.4) is 0 Å². The van der Waals surface area contributed by atoms with Gasteiger partial charge in [0.25, 0.3) is 11.8 Å². The number of halogens is 8. The van der Waals surface area contributed by atoms with Crippen LogP contribution in [0, 0.1) is 10.5 Å². The van der Waals surface area contributed by atoms with Gasteiger partial charge >= 0.3 is 18.0 Å². The summed E-state index contributed by atoms with van der Waals surface area (Å²) in [5.74, 6) is -1.29. The monoisotopic (exact) mass is 684 g/mol. The van der Waals surface area contributed by atoms with Crippen LogP contribution in [-0.4, -0.2) is 29.7 Å². The van der Waals surface area contributed by atoms with E-state index in [2.05, 4.69) is 10.6 Å². The molecule has 0 radical (unpaired) electrons. The van der Waals surface area contributed by atoms with Gasteiger partial charge < -0.3 is 10.6 Å². The largest absolute Gasteiger partial charge is 0.435 e. The standard InChI is InChI=1S/C26H20F7IN2O2S/c1-14-12-15(24(27,25(28,29)30)26(31,32)33)7-8-19(14)35-21(37)17-5-2-6-18(34)20(17)22(38)36-23(9-10-23)13-16-4-3-11-39-16/h2-8,11-12H,9-10,13H2,1H3,(H,35,37)(H,36,38). The molecule has 1 aliphatic rings. The second-order valence-corrected chi connectivity index (χ2v) is 11.5. The number of hydrogen-bond acceptors (Lipinski definition) is 3. The maximum absolute atomic E-state index is 14.4. The average molecular weight is 684 g/mol. The lowest BCUT2D eigenvalue weighted by molar-refractivity contribution is -0.348. The molecule has 0 aliphatic heterocycles. The molecule has 1 heterocycles. The Bertz CT molecular complexity index is 1390. The van der Waals surface area contributed by atoms with Crippen molar-refractivity contribution in [1.82, 2.24) is 5.32 Å². The molecule has 1 fully saturated rings. The molecule has 0 unspecified atom stereocenters. The summed E-state index contributed by atoms with van der Waals surface area (Å²) in [6.07, 6.45) is -10.3. The first-order valence-corrected chi connectivity index (χ1v) is 13.4. The van der Waals surface area contributed by atoms with E-state index in [-0.39, 0.29) is 22.4 Å². The van der Waals surface area contributed by atoms with Crippen LogP contribution in [0.25, 0.3) is 0 Å². The smallest absolute Gasteiger partial charge is 0.346 e. The summed E-state index contributed by atoms with van der Waals surface area (Å²) in [5, 5.41) is 7.36. The van der Waals surface area contributed by atoms with Gasteiger partial charge in [-0.05, 0) is 77.6 Å². The van der Waals surface area contributed by atoms with Crippen molar-refractivity contribution in [2.45, 2.75) is 49.7 Å². The van der Waals surface area contributed by atoms with Crippen molar-refractivity contribution in [1.29, 1.82) is 0 Å². The molecule has 0 bridgehead atoms. The fourth-order valence-electron chi connectivity index (χ4n) is 4.19. The van der Waals surface area contributed by atoms with Gasteiger partial charge in [0.2, 0.25) is 0 Å². The number of rotatable bonds is 7. The second kappa shape index (κ2) is 10.4. The van der Waals surface area contributed by atoms with Crippen LogP contribution in [0.4, 0.5) is 36.4 Å². The minimum absolute atomic E-state index is 0.0415. The van der Waals surface area contributed by atoms with Gasteiger partial charge in [-0.25, -0.2) is 4.39 Å². The molecule has 39 heavy (non-hydrogen) atoms. The number of benzene rings is 2. The Morgan fingerprint density at radius 1 is 0.949 bits per heavy atom. The highest BCUT2D eigenvalue weighted by Crippen LogP contribution is 2.53. The highest BCUT2D eigenvalue weighted by atomic mass is 127. The fourth-order valence-corrected chi connectivity index (χ4v) is 5.78. The highest BCUT2D eigenvalue weighted by molar-refractivity contribution is 14.1. The first kappa shape index (κ1) is 29.3. The Hall–Kier alpha value is -2.68. The van der Waals surface area contributed by atoms with Crippen molar-refractivity contribution in [2.24, 2.45) is 0 Å². The van der Waals surface area contributed by atoms with E-state index in [4.69, 9.17) is 0 Å². The van der Waals surface area contributed by atoms with Crippen molar-refractivity contribution in [3.63, 3.8) is 0 Å². The Kier molecular flexibility index (Phi) is 7.80. The van der Waals surface area contributed by atoms with Gasteiger partial charge in [0.15, 0.2) is 0 Å². The van der Waals surface area contributed by atoms with E-state index < -0.39 is 40.9 Å². The number of carbonyl (C=O) groups excluding carboxylic acids is 2. The third-order valence-electron chi connectivity index (χ3n) is 6.46. The van der Waals surface area contributed by atoms with E-state index in [1.807, 2.05) is 40.1 Å². The van der Waals surface area contributed by atoms with Crippen molar-refractivity contribution >= 4 is 51.4 Å². The SMILES string of the molecule is Cc1cc(C(F)(C(F)(F)F)C(F)(F)F)ccc1NC(=O)c1cccc(I)c1C(=O)NC1(Cc2cccs2)CC1. The van der Waals surface area contributed by atoms with E-state index in [9.17, 15) is 40.3 Å². The van der Waals surface area contributed by atoms with Crippen molar-refractivity contribution in [3.8, 4) is 0 Å². The molecule has 0 saturated heterocycles. The molecule has 0 spiro atoms. The Labute approximate surface area is 236 Å². The second-order valence-electron chi connectivity index (χ2n) is 9.29. The van der Waals surface area contributed by atoms with Crippen molar-refractivity contribution in [3.05, 3.63) is 84.6 Å². The third kappa shape index (κ3) is 5.79. The van der Waals surface area contributed by atoms with Gasteiger partial charge in [-0.1, -0.05) is 24.3 Å². The van der Waals surface area contributed by atoms with Crippen LogP contribution in [-0.2, 0) is 12.1 Å². The normalized spacial score (nSPS) is 15.1. The number of aryl methyl sites for hydroxylation is 1. The molecular weight excluding hydrogens is 664 g/mol. The molecule has 2 amide bonds. The molecule has 1 aromatic heterocycles. The summed E-state index contributed by atoms with van der Waals surface area (Å²) < 4.78 is 93.7. The zero-order chi connectivity index (χ0) is 28.8. The summed E-state index contributed by atoms with van der Waals surface area (Å²) in [6, 6.07) is 9.90. The van der Waals surface area contributed by atoms with Crippen molar-refractivity contribution < 1.29 is 40.3 Å². The molecule has 4 nitrogen and oxygen atoms in total. The van der Waals surface area contributed by atoms with Crippen LogP contribution in [0.5, 0.6) is 0 Å². The molecule has 0 atom stereocenters. The predicted molar refractivity (Wildman–Crippen MR) is 141 cm³/mol. The third-order valence-corrected chi connectivity index (χ3v) is 8.24. The molecule has 3 aromatic rings. The van der Waals surface area contributed by atoms with Gasteiger partial charge in [0.1, 0.15) is 0 Å². The molecule has 1 saturated carbocycles. The lowest BCUT2D eigenvalue weighted by Crippen LogP contribution is -2.50. The molecule has 1 aliphatic carbocycles. The number of alkyl halides is 7. The van der Waals surface area contributed by atoms with Gasteiger partial charge in [0, 0.05) is 31.7 Å². The van der Waals surface area contributed by atoms with E-state index >= 15 is 0 Å². The highest BCUT2D eigenvalue weighted by Gasteiger charge is 2.73. The molecule has 208 valence electrons. The summed E-state index contributed by atoms with van der Waals surface area (Å²) in [5.41, 5.74) is -8.02. The lowest BCUT2D eigenvalue weighted by atomic mass is 9.92. The van der Waals surface area contributed by atoms with Crippen molar-refractivity contribution in [2.75, 3.05) is 5.32 Å². The minimum Gasteiger partial charge on any atom is -0.346 e. The van der Waals surface area contributed by atoms with E-state index in [0.29, 0.717) is 22.1 Å². The van der Waals surface area contributed by atoms with Gasteiger partial charge in [0.05, 0.1) is 11.1 Å². The number of hydrogen-bond donors (Lipinski definition) is 2. The van der Waals surface area contributed by atoms with E-state index in [0.717, 1.165) is 30.7 Å². The minimum atomic E-state index is -6.26. The average Bonchev–Trinajstić information content (AvgIpc) is 3.37. The van der Waals surface area contributed by atoms with Crippen LogP contribution in [0.1, 0.15) is 49.6 Å². The van der Waals surface area contributed by atoms with Gasteiger partial charge in [-0.3, -0.25) is 9.59 Å². The molecule has 2 N–H and O–H groups in total.